The second-order valence-corrected chi connectivity index (χ2v) is 11.0. The Morgan fingerprint density at radius 3 is 1.41 bits per heavy atom. The van der Waals surface area contributed by atoms with Crippen molar-refractivity contribution >= 4 is 11.9 Å². The van der Waals surface area contributed by atoms with Crippen molar-refractivity contribution in [2.75, 3.05) is 27.3 Å². The van der Waals surface area contributed by atoms with Crippen molar-refractivity contribution in [3.63, 3.8) is 0 Å². The van der Waals surface area contributed by atoms with Gasteiger partial charge in [0.2, 0.25) is 0 Å². The van der Waals surface area contributed by atoms with E-state index in [-0.39, 0.29) is 0 Å². The molecule has 2 atom stereocenters. The fourth-order valence-electron chi connectivity index (χ4n) is 5.58. The van der Waals surface area contributed by atoms with Crippen LogP contribution in [0.15, 0.2) is 97.1 Å². The molecule has 0 bridgehead atoms. The van der Waals surface area contributed by atoms with Crippen LogP contribution in [-0.2, 0) is 45.0 Å². The van der Waals surface area contributed by atoms with Gasteiger partial charge in [-0.2, -0.15) is 0 Å². The van der Waals surface area contributed by atoms with Gasteiger partial charge in [-0.05, 0) is 36.1 Å². The lowest BCUT2D eigenvalue weighted by Crippen LogP contribution is -2.49. The smallest absolute Gasteiger partial charge is 0.421 e. The van der Waals surface area contributed by atoms with E-state index in [4.69, 9.17) is 28.4 Å². The zero-order chi connectivity index (χ0) is 31.9. The molecule has 4 aromatic rings. The first-order valence-electron chi connectivity index (χ1n) is 15.1. The summed E-state index contributed by atoms with van der Waals surface area (Å²) in [6, 6.07) is 31.1. The van der Waals surface area contributed by atoms with Crippen LogP contribution in [0.25, 0.3) is 0 Å². The second-order valence-electron chi connectivity index (χ2n) is 11.0. The Morgan fingerprint density at radius 1 is 0.609 bits per heavy atom. The highest BCUT2D eigenvalue weighted by molar-refractivity contribution is 6.29. The van der Waals surface area contributed by atoms with Gasteiger partial charge in [0.25, 0.3) is 0 Å². The summed E-state index contributed by atoms with van der Waals surface area (Å²) in [4.78, 5) is 30.3. The van der Waals surface area contributed by atoms with Gasteiger partial charge in [-0.1, -0.05) is 84.9 Å². The van der Waals surface area contributed by atoms with E-state index >= 15 is 0 Å². The summed E-state index contributed by atoms with van der Waals surface area (Å²) in [5, 5.41) is 0. The lowest BCUT2D eigenvalue weighted by atomic mass is 10.1. The summed E-state index contributed by atoms with van der Waals surface area (Å²) in [5.41, 5.74) is 3.98. The van der Waals surface area contributed by atoms with Crippen molar-refractivity contribution in [2.45, 2.75) is 38.8 Å². The number of fused-ring (bicyclic) bond motifs is 2. The van der Waals surface area contributed by atoms with Crippen LogP contribution in [-0.4, -0.2) is 61.9 Å². The molecule has 4 aromatic carbocycles. The molecule has 0 saturated carbocycles. The van der Waals surface area contributed by atoms with Gasteiger partial charge in [0, 0.05) is 37.3 Å². The molecule has 10 nitrogen and oxygen atoms in total. The molecular weight excluding hydrogens is 588 g/mol. The van der Waals surface area contributed by atoms with Gasteiger partial charge in [0.05, 0.1) is 14.2 Å². The number of benzene rings is 4. The Bertz CT molecular complexity index is 1530. The van der Waals surface area contributed by atoms with Gasteiger partial charge < -0.3 is 28.4 Å². The molecule has 0 saturated heterocycles. The summed E-state index contributed by atoms with van der Waals surface area (Å²) >= 11 is 0. The highest BCUT2D eigenvalue weighted by atomic mass is 16.8. The molecule has 10 heteroatoms. The largest absolute Gasteiger partial charge is 0.493 e. The van der Waals surface area contributed by atoms with Crippen LogP contribution in [0.1, 0.15) is 22.3 Å². The average Bonchev–Trinajstić information content (AvgIpc) is 3.10. The lowest BCUT2D eigenvalue weighted by molar-refractivity contribution is -0.223. The zero-order valence-corrected chi connectivity index (χ0v) is 25.8. The molecular formula is C36H36N2O8. The van der Waals surface area contributed by atoms with Crippen molar-refractivity contribution in [3.05, 3.63) is 119 Å². The van der Waals surface area contributed by atoms with E-state index in [1.807, 2.05) is 94.7 Å². The first-order chi connectivity index (χ1) is 22.5. The van der Waals surface area contributed by atoms with E-state index in [9.17, 15) is 9.59 Å². The maximum atomic E-state index is 13.3. The molecule has 0 aromatic heterocycles. The maximum Gasteiger partial charge on any atom is 0.421 e. The number of para-hydroxylation sites is 2. The lowest BCUT2D eigenvalue weighted by Gasteiger charge is -2.37. The molecule has 0 spiro atoms. The maximum absolute atomic E-state index is 13.3. The van der Waals surface area contributed by atoms with Crippen LogP contribution < -0.4 is 18.9 Å². The summed E-state index contributed by atoms with van der Waals surface area (Å²) in [7, 11) is 3.08. The number of rotatable bonds is 10. The van der Waals surface area contributed by atoms with Gasteiger partial charge in [0.1, 0.15) is 0 Å². The van der Waals surface area contributed by atoms with Gasteiger partial charge in [-0.3, -0.25) is 0 Å². The number of carbonyl (C=O) groups is 2. The minimum atomic E-state index is -1.20. The van der Waals surface area contributed by atoms with Crippen LogP contribution >= 0.6 is 0 Å². The van der Waals surface area contributed by atoms with E-state index < -0.39 is 24.8 Å². The Hall–Kier alpha value is -5.06. The molecule has 0 aliphatic carbocycles. The number of hydrogen-bond acceptors (Lipinski definition) is 10. The summed E-state index contributed by atoms with van der Waals surface area (Å²) < 4.78 is 34.6. The number of ether oxygens (including phenoxy) is 6. The monoisotopic (exact) mass is 624 g/mol. The van der Waals surface area contributed by atoms with Crippen molar-refractivity contribution in [2.24, 2.45) is 0 Å². The Morgan fingerprint density at radius 2 is 1.02 bits per heavy atom. The van der Waals surface area contributed by atoms with E-state index in [1.54, 1.807) is 26.4 Å². The normalized spacial score (nSPS) is 17.4. The quantitative estimate of drug-likeness (QED) is 0.179. The van der Waals surface area contributed by atoms with E-state index in [2.05, 4.69) is 0 Å². The minimum Gasteiger partial charge on any atom is -0.493 e. The molecule has 6 rings (SSSR count). The molecule has 0 amide bonds. The average molecular weight is 625 g/mol. The van der Waals surface area contributed by atoms with Crippen molar-refractivity contribution in [3.8, 4) is 23.0 Å². The van der Waals surface area contributed by atoms with E-state index in [0.29, 0.717) is 62.0 Å². The molecule has 0 radical (unpaired) electrons. The standard InChI is InChI=1S/C36H36N2O8/c1-41-29-17-9-15-27-23-37(21-19-25-11-5-3-6-12-25)35(43-31(27)29)45-33(39)34(40)46-36-38(22-20-26-13-7-4-8-14-26)24-28-16-10-18-30(42-2)32(28)44-36/h3-18,35-36H,19-24H2,1-2H3. The van der Waals surface area contributed by atoms with Crippen LogP contribution in [0.3, 0.4) is 0 Å². The van der Waals surface area contributed by atoms with E-state index in [0.717, 1.165) is 22.3 Å². The number of nitrogens with zero attached hydrogens (tertiary/aromatic N) is 2. The van der Waals surface area contributed by atoms with Gasteiger partial charge in [-0.15, -0.1) is 0 Å². The SMILES string of the molecule is COc1cccc2c1OC(OC(=O)C(=O)OC1Oc3c(cccc3OC)CN1CCc1ccccc1)N(CCc1ccccc1)C2. The fourth-order valence-corrected chi connectivity index (χ4v) is 5.58. The van der Waals surface area contributed by atoms with Crippen LogP contribution in [0, 0.1) is 0 Å². The van der Waals surface area contributed by atoms with Crippen LogP contribution in [0.4, 0.5) is 0 Å². The molecule has 0 fully saturated rings. The first-order valence-corrected chi connectivity index (χ1v) is 15.1. The predicted molar refractivity (Wildman–Crippen MR) is 168 cm³/mol. The molecule has 2 heterocycles. The number of carbonyl (C=O) groups excluding carboxylic acids is 2. The Balaban J connectivity index is 1.18. The minimum absolute atomic E-state index is 0.419. The van der Waals surface area contributed by atoms with Crippen LogP contribution in [0.2, 0.25) is 0 Å². The fraction of sp³-hybridized carbons (Fsp3) is 0.278. The first kappa shape index (κ1) is 30.9. The zero-order valence-electron chi connectivity index (χ0n) is 25.8. The predicted octanol–water partition coefficient (Wildman–Crippen LogP) is 4.93. The number of esters is 2. The molecule has 46 heavy (non-hydrogen) atoms. The number of methoxy groups -OCH3 is 2. The van der Waals surface area contributed by atoms with Gasteiger partial charge in [0.15, 0.2) is 23.0 Å². The van der Waals surface area contributed by atoms with Crippen molar-refractivity contribution in [1.82, 2.24) is 9.80 Å². The highest BCUT2D eigenvalue weighted by Crippen LogP contribution is 2.38. The van der Waals surface area contributed by atoms with Crippen molar-refractivity contribution in [1.29, 1.82) is 0 Å². The molecule has 238 valence electrons. The second kappa shape index (κ2) is 14.4. The third kappa shape index (κ3) is 7.09. The third-order valence-electron chi connectivity index (χ3n) is 7.98. The topological polar surface area (TPSA) is 96.0 Å². The van der Waals surface area contributed by atoms with E-state index in [1.165, 1.54) is 0 Å². The molecule has 2 aliphatic heterocycles. The van der Waals surface area contributed by atoms with Crippen LogP contribution in [0.5, 0.6) is 23.0 Å². The molecule has 2 aliphatic rings. The summed E-state index contributed by atoms with van der Waals surface area (Å²) in [5.74, 6) is -0.490. The molecule has 0 N–H and O–H groups in total. The van der Waals surface area contributed by atoms with Crippen molar-refractivity contribution < 1.29 is 38.0 Å². The number of hydrogen-bond donors (Lipinski definition) is 0. The molecule has 2 unspecified atom stereocenters. The summed E-state index contributed by atoms with van der Waals surface area (Å²) in [6.45, 7) is 1.84. The highest BCUT2D eigenvalue weighted by Gasteiger charge is 2.38. The summed E-state index contributed by atoms with van der Waals surface area (Å²) in [6.07, 6.45) is -1.02. The Labute approximate surface area is 267 Å². The Kier molecular flexibility index (Phi) is 9.66. The third-order valence-corrected chi connectivity index (χ3v) is 7.98. The van der Waals surface area contributed by atoms with Gasteiger partial charge >= 0.3 is 24.8 Å². The van der Waals surface area contributed by atoms with Gasteiger partial charge in [-0.25, -0.2) is 19.4 Å².